The van der Waals surface area contributed by atoms with Crippen LogP contribution >= 0.6 is 0 Å². The van der Waals surface area contributed by atoms with Crippen LogP contribution < -0.4 is 0 Å². The Bertz CT molecular complexity index is 259. The summed E-state index contributed by atoms with van der Waals surface area (Å²) in [6.45, 7) is 10.4. The molecule has 0 aliphatic heterocycles. The zero-order valence-electron chi connectivity index (χ0n) is 11.1. The van der Waals surface area contributed by atoms with Crippen LogP contribution in [0.4, 0.5) is 0 Å². The largest absolute Gasteiger partial charge is 0.458 e. The molecule has 0 aromatic heterocycles. The Labute approximate surface area is 104 Å². The molecule has 0 N–H and O–H groups in total. The van der Waals surface area contributed by atoms with Crippen molar-refractivity contribution in [3.05, 3.63) is 12.7 Å². The highest BCUT2D eigenvalue weighted by Crippen LogP contribution is 2.08. The molecule has 1 amide bonds. The van der Waals surface area contributed by atoms with Gasteiger partial charge in [0.25, 0.3) is 0 Å². The van der Waals surface area contributed by atoms with Gasteiger partial charge in [-0.25, -0.2) is 0 Å². The third kappa shape index (κ3) is 6.76. The van der Waals surface area contributed by atoms with Crippen LogP contribution in [0.2, 0.25) is 0 Å². The molecule has 0 aromatic carbocycles. The first-order valence-electron chi connectivity index (χ1n) is 6.12. The average molecular weight is 241 g/mol. The molecule has 0 radical (unpaired) electrons. The van der Waals surface area contributed by atoms with Gasteiger partial charge in [0.1, 0.15) is 6.10 Å². The molecule has 17 heavy (non-hydrogen) atoms. The van der Waals surface area contributed by atoms with Crippen molar-refractivity contribution < 1.29 is 14.3 Å². The van der Waals surface area contributed by atoms with Gasteiger partial charge in [-0.3, -0.25) is 9.59 Å². The second-order valence-corrected chi connectivity index (χ2v) is 3.84. The van der Waals surface area contributed by atoms with E-state index >= 15 is 0 Å². The van der Waals surface area contributed by atoms with Gasteiger partial charge in [-0.1, -0.05) is 12.7 Å². The summed E-state index contributed by atoms with van der Waals surface area (Å²) in [4.78, 5) is 24.3. The normalized spacial score (nSPS) is 11.7. The highest BCUT2D eigenvalue weighted by Gasteiger charge is 2.12. The number of hydrogen-bond acceptors (Lipinski definition) is 3. The van der Waals surface area contributed by atoms with Crippen LogP contribution in [-0.4, -0.2) is 36.0 Å². The zero-order valence-corrected chi connectivity index (χ0v) is 11.1. The number of hydrogen-bond donors (Lipinski definition) is 0. The van der Waals surface area contributed by atoms with Gasteiger partial charge in [-0.05, 0) is 26.7 Å². The lowest BCUT2D eigenvalue weighted by Gasteiger charge is -2.19. The molecule has 4 heteroatoms. The SMILES string of the molecule is C=CC(CCCC(=O)N(CC)CC)OC(C)=O. The first kappa shape index (κ1) is 15.7. The van der Waals surface area contributed by atoms with Gasteiger partial charge >= 0.3 is 5.97 Å². The molecule has 0 saturated carbocycles. The molecule has 0 spiro atoms. The van der Waals surface area contributed by atoms with E-state index in [1.54, 1.807) is 11.0 Å². The van der Waals surface area contributed by atoms with Crippen molar-refractivity contribution in [3.8, 4) is 0 Å². The molecule has 98 valence electrons. The Balaban J connectivity index is 3.91. The minimum absolute atomic E-state index is 0.153. The van der Waals surface area contributed by atoms with Crippen LogP contribution in [0.5, 0.6) is 0 Å². The summed E-state index contributed by atoms with van der Waals surface area (Å²) >= 11 is 0. The van der Waals surface area contributed by atoms with Crippen LogP contribution in [0.25, 0.3) is 0 Å². The summed E-state index contributed by atoms with van der Waals surface area (Å²) in [5, 5.41) is 0. The molecule has 0 aliphatic carbocycles. The molecular formula is C13H23NO3. The molecule has 1 atom stereocenters. The lowest BCUT2D eigenvalue weighted by atomic mass is 10.1. The van der Waals surface area contributed by atoms with Gasteiger partial charge in [-0.15, -0.1) is 0 Å². The van der Waals surface area contributed by atoms with Crippen LogP contribution in [0.1, 0.15) is 40.0 Å². The number of amides is 1. The monoisotopic (exact) mass is 241 g/mol. The first-order valence-corrected chi connectivity index (χ1v) is 6.12. The van der Waals surface area contributed by atoms with Gasteiger partial charge in [0, 0.05) is 26.4 Å². The summed E-state index contributed by atoms with van der Waals surface area (Å²) in [6.07, 6.45) is 3.17. The van der Waals surface area contributed by atoms with E-state index in [-0.39, 0.29) is 18.0 Å². The maximum atomic E-state index is 11.7. The van der Waals surface area contributed by atoms with Crippen LogP contribution in [0, 0.1) is 0 Å². The zero-order chi connectivity index (χ0) is 13.3. The Kier molecular flexibility index (Phi) is 8.11. The van der Waals surface area contributed by atoms with E-state index in [2.05, 4.69) is 6.58 Å². The van der Waals surface area contributed by atoms with Gasteiger partial charge in [0.05, 0.1) is 0 Å². The summed E-state index contributed by atoms with van der Waals surface area (Å²) in [7, 11) is 0. The number of carbonyl (C=O) groups is 2. The highest BCUT2D eigenvalue weighted by atomic mass is 16.5. The predicted molar refractivity (Wildman–Crippen MR) is 67.5 cm³/mol. The fourth-order valence-electron chi connectivity index (χ4n) is 1.63. The second kappa shape index (κ2) is 8.79. The van der Waals surface area contributed by atoms with Crippen molar-refractivity contribution in [3.63, 3.8) is 0 Å². The molecule has 0 fully saturated rings. The van der Waals surface area contributed by atoms with Crippen molar-refractivity contribution in [2.24, 2.45) is 0 Å². The van der Waals surface area contributed by atoms with Crippen molar-refractivity contribution in [2.75, 3.05) is 13.1 Å². The van der Waals surface area contributed by atoms with Crippen LogP contribution in [0.3, 0.4) is 0 Å². The van der Waals surface area contributed by atoms with Crippen LogP contribution in [0.15, 0.2) is 12.7 Å². The first-order chi connectivity index (χ1) is 8.04. The maximum absolute atomic E-state index is 11.7. The number of ether oxygens (including phenoxy) is 1. The molecule has 1 unspecified atom stereocenters. The molecule has 0 saturated heterocycles. The second-order valence-electron chi connectivity index (χ2n) is 3.84. The third-order valence-electron chi connectivity index (χ3n) is 2.58. The van der Waals surface area contributed by atoms with Gasteiger partial charge in [0.2, 0.25) is 5.91 Å². The van der Waals surface area contributed by atoms with Gasteiger partial charge in [0.15, 0.2) is 0 Å². The van der Waals surface area contributed by atoms with E-state index in [0.29, 0.717) is 19.3 Å². The lowest BCUT2D eigenvalue weighted by Crippen LogP contribution is -2.30. The minimum atomic E-state index is -0.315. The highest BCUT2D eigenvalue weighted by molar-refractivity contribution is 5.76. The Morgan fingerprint density at radius 3 is 2.35 bits per heavy atom. The topological polar surface area (TPSA) is 46.6 Å². The van der Waals surface area contributed by atoms with E-state index < -0.39 is 0 Å². The molecule has 0 rings (SSSR count). The molecule has 0 aromatic rings. The van der Waals surface area contributed by atoms with E-state index in [9.17, 15) is 9.59 Å². The smallest absolute Gasteiger partial charge is 0.303 e. The number of esters is 1. The summed E-state index contributed by atoms with van der Waals surface area (Å²) in [5.41, 5.74) is 0. The summed E-state index contributed by atoms with van der Waals surface area (Å²) in [5.74, 6) is -0.161. The van der Waals surface area contributed by atoms with Crippen LogP contribution in [-0.2, 0) is 14.3 Å². The molecule has 0 bridgehead atoms. The number of nitrogens with zero attached hydrogens (tertiary/aromatic N) is 1. The number of carbonyl (C=O) groups excluding carboxylic acids is 2. The lowest BCUT2D eigenvalue weighted by molar-refractivity contribution is -0.144. The summed E-state index contributed by atoms with van der Waals surface area (Å²) in [6, 6.07) is 0. The number of rotatable bonds is 8. The fourth-order valence-corrected chi connectivity index (χ4v) is 1.63. The van der Waals surface area contributed by atoms with Crippen molar-refractivity contribution >= 4 is 11.9 Å². The quantitative estimate of drug-likeness (QED) is 0.483. The van der Waals surface area contributed by atoms with Gasteiger partial charge < -0.3 is 9.64 Å². The van der Waals surface area contributed by atoms with E-state index in [1.807, 2.05) is 13.8 Å². The molecule has 0 aliphatic rings. The van der Waals surface area contributed by atoms with E-state index in [0.717, 1.165) is 13.1 Å². The molecular weight excluding hydrogens is 218 g/mol. The third-order valence-corrected chi connectivity index (χ3v) is 2.58. The van der Waals surface area contributed by atoms with E-state index in [4.69, 9.17) is 4.74 Å². The Morgan fingerprint density at radius 1 is 1.35 bits per heavy atom. The Hall–Kier alpha value is -1.32. The molecule has 0 heterocycles. The fraction of sp³-hybridized carbons (Fsp3) is 0.692. The minimum Gasteiger partial charge on any atom is -0.458 e. The van der Waals surface area contributed by atoms with Crippen molar-refractivity contribution in [2.45, 2.75) is 46.1 Å². The molecule has 4 nitrogen and oxygen atoms in total. The standard InChI is InChI=1S/C13H23NO3/c1-5-12(17-11(4)15)9-8-10-13(16)14(6-2)7-3/h5,12H,1,6-10H2,2-4H3. The van der Waals surface area contributed by atoms with E-state index in [1.165, 1.54) is 6.92 Å². The average Bonchev–Trinajstić information content (AvgIpc) is 2.28. The Morgan fingerprint density at radius 2 is 1.94 bits per heavy atom. The van der Waals surface area contributed by atoms with Crippen molar-refractivity contribution in [1.29, 1.82) is 0 Å². The maximum Gasteiger partial charge on any atom is 0.303 e. The van der Waals surface area contributed by atoms with Crippen molar-refractivity contribution in [1.82, 2.24) is 4.90 Å². The summed E-state index contributed by atoms with van der Waals surface area (Å²) < 4.78 is 5.01. The van der Waals surface area contributed by atoms with Gasteiger partial charge in [-0.2, -0.15) is 0 Å². The predicted octanol–water partition coefficient (Wildman–Crippen LogP) is 2.14.